The zero-order valence-electron chi connectivity index (χ0n) is 9.17. The molecule has 0 aliphatic carbocycles. The Labute approximate surface area is 76.4 Å². The van der Waals surface area contributed by atoms with Crippen LogP contribution in [0.1, 0.15) is 16.6 Å². The van der Waals surface area contributed by atoms with Crippen molar-refractivity contribution in [1.82, 2.24) is 0 Å². The normalized spacial score (nSPS) is 15.4. The van der Waals surface area contributed by atoms with Crippen molar-refractivity contribution in [3.05, 3.63) is 35.3 Å². The van der Waals surface area contributed by atoms with Gasteiger partial charge in [0.25, 0.3) is 0 Å². The van der Waals surface area contributed by atoms with Crippen LogP contribution in [0.5, 0.6) is 0 Å². The number of halogens is 2. The summed E-state index contributed by atoms with van der Waals surface area (Å²) in [4.78, 5) is 0. The lowest BCUT2D eigenvalue weighted by atomic mass is 10.2. The maximum absolute atomic E-state index is 7.54. The van der Waals surface area contributed by atoms with E-state index in [1.54, 1.807) is 0 Å². The lowest BCUT2D eigenvalue weighted by molar-refractivity contribution is 1.33. The fourth-order valence-electron chi connectivity index (χ4n) is 0.498. The molecule has 0 N–H and O–H groups in total. The molecule has 0 aliphatic heterocycles. The highest BCUT2D eigenvalue weighted by atomic mass is 35.5. The summed E-state index contributed by atoms with van der Waals surface area (Å²) in [6.07, 6.45) is 0. The first-order chi connectivity index (χ1) is 6.54. The molecular weight excluding hydrogens is 167 g/mol. The van der Waals surface area contributed by atoms with Gasteiger partial charge in [-0.15, -0.1) is 23.2 Å². The van der Waals surface area contributed by atoms with Crippen molar-refractivity contribution in [2.75, 3.05) is 0 Å². The Kier molecular flexibility index (Phi) is 1.53. The van der Waals surface area contributed by atoms with Gasteiger partial charge in [0.1, 0.15) is 0 Å². The number of hydrogen-bond donors (Lipinski definition) is 0. The van der Waals surface area contributed by atoms with Crippen LogP contribution in [0.2, 0.25) is 0 Å². The highest BCUT2D eigenvalue weighted by Crippen LogP contribution is 2.08. The average molecular weight is 179 g/mol. The smallest absolute Gasteiger partial charge is 0.0626 e. The van der Waals surface area contributed by atoms with Gasteiger partial charge in [0.05, 0.1) is 5.48 Å². The molecule has 0 saturated heterocycles. The van der Waals surface area contributed by atoms with Crippen molar-refractivity contribution in [3.8, 4) is 0 Å². The monoisotopic (exact) mass is 178 g/mol. The second kappa shape index (κ2) is 3.85. The zero-order valence-corrected chi connectivity index (χ0v) is 6.68. The molecule has 0 saturated carbocycles. The van der Waals surface area contributed by atoms with Crippen molar-refractivity contribution in [2.45, 2.75) is 11.8 Å². The number of benzene rings is 1. The Morgan fingerprint density at radius 2 is 1.30 bits per heavy atom. The van der Waals surface area contributed by atoms with Crippen molar-refractivity contribution >= 4 is 23.2 Å². The molecule has 0 unspecified atom stereocenters. The number of alkyl halides is 2. The van der Waals surface area contributed by atoms with E-state index >= 15 is 0 Å². The molecule has 0 aliphatic rings. The summed E-state index contributed by atoms with van der Waals surface area (Å²) in [5.74, 6) is -0.0595. The minimum Gasteiger partial charge on any atom is -0.122 e. The minimum absolute atomic E-state index is 0.0298. The third-order valence-corrected chi connectivity index (χ3v) is 1.53. The molecule has 0 amide bonds. The average Bonchev–Trinajstić information content (AvgIpc) is 2.17. The van der Waals surface area contributed by atoms with Gasteiger partial charge >= 0.3 is 0 Å². The maximum atomic E-state index is 7.54. The van der Waals surface area contributed by atoms with Gasteiger partial charge in [-0.1, -0.05) is 24.2 Å². The van der Waals surface area contributed by atoms with Crippen molar-refractivity contribution in [2.24, 2.45) is 0 Å². The van der Waals surface area contributed by atoms with Crippen LogP contribution in [0.4, 0.5) is 0 Å². The van der Waals surface area contributed by atoms with E-state index in [0.717, 1.165) is 0 Å². The van der Waals surface area contributed by atoms with Gasteiger partial charge in [-0.3, -0.25) is 0 Å². The fourth-order valence-corrected chi connectivity index (χ4v) is 0.765. The summed E-state index contributed by atoms with van der Waals surface area (Å²) in [6, 6.07) is -0.401. The molecule has 2 heteroatoms. The van der Waals surface area contributed by atoms with Gasteiger partial charge in [0.15, 0.2) is 0 Å². The van der Waals surface area contributed by atoms with Gasteiger partial charge in [-0.2, -0.15) is 0 Å². The molecule has 0 atom stereocenters. The van der Waals surface area contributed by atoms with Crippen molar-refractivity contribution in [3.63, 3.8) is 0 Å². The van der Waals surface area contributed by atoms with E-state index in [0.29, 0.717) is 0 Å². The summed E-state index contributed by atoms with van der Waals surface area (Å²) in [6.45, 7) is 0. The van der Waals surface area contributed by atoms with Crippen LogP contribution in [-0.2, 0) is 11.8 Å². The molecule has 0 nitrogen and oxygen atoms in total. The number of hydrogen-bond acceptors (Lipinski definition) is 0. The molecule has 0 fully saturated rings. The third kappa shape index (κ3) is 1.89. The minimum atomic E-state index is -0.100. The molecule has 0 bridgehead atoms. The van der Waals surface area contributed by atoms with Gasteiger partial charge in [-0.25, -0.2) is 0 Å². The van der Waals surface area contributed by atoms with Crippen LogP contribution in [0.15, 0.2) is 24.2 Å². The summed E-state index contributed by atoms with van der Waals surface area (Å²) >= 11 is 11.1. The SMILES string of the molecule is [2H]c1c([2H])c(CCl)c([2H])c([2H])c1CCl. The zero-order chi connectivity index (χ0) is 10.9. The molecule has 1 rings (SSSR count). The van der Waals surface area contributed by atoms with E-state index in [2.05, 4.69) is 0 Å². The quantitative estimate of drug-likeness (QED) is 0.611. The molecule has 0 radical (unpaired) electrons. The maximum Gasteiger partial charge on any atom is 0.0626 e. The molecule has 10 heavy (non-hydrogen) atoms. The molecule has 1 aromatic carbocycles. The van der Waals surface area contributed by atoms with Crippen molar-refractivity contribution < 1.29 is 5.48 Å². The summed E-state index contributed by atoms with van der Waals surface area (Å²) in [5.41, 5.74) is 0.436. The van der Waals surface area contributed by atoms with Crippen LogP contribution in [-0.4, -0.2) is 0 Å². The molecular formula is C8H8Cl2. The molecule has 0 spiro atoms. The predicted octanol–water partition coefficient (Wildman–Crippen LogP) is 3.16. The second-order valence-corrected chi connectivity index (χ2v) is 2.26. The summed E-state index contributed by atoms with van der Waals surface area (Å²) < 4.78 is 30.2. The van der Waals surface area contributed by atoms with Crippen molar-refractivity contribution in [1.29, 1.82) is 0 Å². The van der Waals surface area contributed by atoms with Crippen LogP contribution in [0.3, 0.4) is 0 Å². The van der Waals surface area contributed by atoms with Crippen LogP contribution in [0, 0.1) is 0 Å². The van der Waals surface area contributed by atoms with E-state index in [9.17, 15) is 0 Å². The fraction of sp³-hybridized carbons (Fsp3) is 0.250. The first-order valence-electron chi connectivity index (χ1n) is 4.74. The highest BCUT2D eigenvalue weighted by molar-refractivity contribution is 6.17. The van der Waals surface area contributed by atoms with E-state index in [-0.39, 0.29) is 47.1 Å². The third-order valence-electron chi connectivity index (χ3n) is 0.996. The predicted molar refractivity (Wildman–Crippen MR) is 45.6 cm³/mol. The first kappa shape index (κ1) is 3.99. The molecule has 0 heterocycles. The van der Waals surface area contributed by atoms with Gasteiger partial charge < -0.3 is 0 Å². The largest absolute Gasteiger partial charge is 0.122 e. The van der Waals surface area contributed by atoms with Crippen LogP contribution >= 0.6 is 23.2 Å². The topological polar surface area (TPSA) is 0 Å². The number of rotatable bonds is 2. The Hall–Kier alpha value is -0.200. The highest BCUT2D eigenvalue weighted by Gasteiger charge is 1.90. The molecule has 54 valence electrons. The Balaban J connectivity index is 3.55. The lowest BCUT2D eigenvalue weighted by Crippen LogP contribution is -1.79. The van der Waals surface area contributed by atoms with E-state index in [1.807, 2.05) is 0 Å². The van der Waals surface area contributed by atoms with Crippen LogP contribution in [0.25, 0.3) is 0 Å². The van der Waals surface area contributed by atoms with Gasteiger partial charge in [0, 0.05) is 11.8 Å². The van der Waals surface area contributed by atoms with Crippen LogP contribution < -0.4 is 0 Å². The summed E-state index contributed by atoms with van der Waals surface area (Å²) in [5, 5.41) is 0. The van der Waals surface area contributed by atoms with Gasteiger partial charge in [-0.05, 0) is 11.1 Å². The van der Waals surface area contributed by atoms with Gasteiger partial charge in [0.2, 0.25) is 0 Å². The Morgan fingerprint density at radius 1 is 1.00 bits per heavy atom. The van der Waals surface area contributed by atoms with E-state index < -0.39 is 0 Å². The molecule has 0 aromatic heterocycles. The standard InChI is InChI=1S/C8H8Cl2/c9-5-7-1-2-8(6-10)4-3-7/h1-4H,5-6H2/i1D,2D,3D,4D. The summed E-state index contributed by atoms with van der Waals surface area (Å²) in [7, 11) is 0. The second-order valence-electron chi connectivity index (χ2n) is 1.72. The Morgan fingerprint density at radius 3 is 1.50 bits per heavy atom. The van der Waals surface area contributed by atoms with E-state index in [1.165, 1.54) is 0 Å². The first-order valence-corrected chi connectivity index (χ1v) is 3.81. The van der Waals surface area contributed by atoms with E-state index in [4.69, 9.17) is 28.7 Å². The Bertz CT molecular complexity index is 301. The lowest BCUT2D eigenvalue weighted by Gasteiger charge is -1.95. The molecule has 1 aromatic rings.